The summed E-state index contributed by atoms with van der Waals surface area (Å²) in [7, 11) is 0. The quantitative estimate of drug-likeness (QED) is 0.555. The van der Waals surface area contributed by atoms with Crippen molar-refractivity contribution in [1.29, 1.82) is 0 Å². The number of benzene rings is 1. The van der Waals surface area contributed by atoms with Crippen molar-refractivity contribution in [1.82, 2.24) is 19.7 Å². The van der Waals surface area contributed by atoms with Gasteiger partial charge >= 0.3 is 0 Å². The van der Waals surface area contributed by atoms with Gasteiger partial charge in [0.2, 0.25) is 5.91 Å². The number of rotatable bonds is 7. The van der Waals surface area contributed by atoms with Crippen LogP contribution >= 0.6 is 35.0 Å². The normalized spacial score (nSPS) is 10.8. The molecular formula is C18H17Cl2N5OS. The van der Waals surface area contributed by atoms with Gasteiger partial charge < -0.3 is 9.88 Å². The molecule has 0 fully saturated rings. The lowest BCUT2D eigenvalue weighted by Gasteiger charge is -2.09. The van der Waals surface area contributed by atoms with E-state index in [1.807, 2.05) is 16.7 Å². The first kappa shape index (κ1) is 19.7. The van der Waals surface area contributed by atoms with Gasteiger partial charge in [0, 0.05) is 29.5 Å². The Morgan fingerprint density at radius 2 is 1.96 bits per heavy atom. The van der Waals surface area contributed by atoms with Gasteiger partial charge in [-0.05, 0) is 36.8 Å². The van der Waals surface area contributed by atoms with Crippen molar-refractivity contribution in [3.8, 4) is 11.4 Å². The van der Waals surface area contributed by atoms with Crippen LogP contribution in [0.3, 0.4) is 0 Å². The fourth-order valence-electron chi connectivity index (χ4n) is 2.44. The monoisotopic (exact) mass is 421 g/mol. The number of hydrogen-bond donors (Lipinski definition) is 1. The van der Waals surface area contributed by atoms with Crippen LogP contribution < -0.4 is 5.32 Å². The zero-order valence-electron chi connectivity index (χ0n) is 14.5. The highest BCUT2D eigenvalue weighted by molar-refractivity contribution is 7.99. The molecule has 0 radical (unpaired) electrons. The number of nitrogens with one attached hydrogen (secondary N) is 1. The standard InChI is InChI=1S/C18H17Cl2N5OS/c1-2-9-25-17(12-5-7-21-8-6-12)23-24-18(25)27-11-16(26)22-15-4-3-13(19)10-14(15)20/h3-8,10H,2,9,11H2,1H3,(H,22,26). The number of aromatic nitrogens is 4. The maximum absolute atomic E-state index is 12.3. The Morgan fingerprint density at radius 3 is 2.67 bits per heavy atom. The summed E-state index contributed by atoms with van der Waals surface area (Å²) in [6.07, 6.45) is 4.36. The van der Waals surface area contributed by atoms with E-state index in [1.165, 1.54) is 11.8 Å². The average Bonchev–Trinajstić information content (AvgIpc) is 3.06. The highest BCUT2D eigenvalue weighted by Crippen LogP contribution is 2.27. The number of carbonyl (C=O) groups excluding carboxylic acids is 1. The Balaban J connectivity index is 1.70. The zero-order chi connectivity index (χ0) is 19.2. The topological polar surface area (TPSA) is 72.7 Å². The molecule has 3 rings (SSSR count). The van der Waals surface area contributed by atoms with Crippen LogP contribution in [0.1, 0.15) is 13.3 Å². The fourth-order valence-corrected chi connectivity index (χ4v) is 3.66. The highest BCUT2D eigenvalue weighted by Gasteiger charge is 2.15. The van der Waals surface area contributed by atoms with Crippen molar-refractivity contribution in [3.63, 3.8) is 0 Å². The van der Waals surface area contributed by atoms with Gasteiger partial charge in [-0.2, -0.15) is 0 Å². The Hall–Kier alpha value is -2.09. The molecule has 1 aromatic carbocycles. The van der Waals surface area contributed by atoms with Crippen LogP contribution in [0, 0.1) is 0 Å². The first-order valence-corrected chi connectivity index (χ1v) is 10.0. The minimum Gasteiger partial charge on any atom is -0.324 e. The summed E-state index contributed by atoms with van der Waals surface area (Å²) in [5, 5.41) is 12.9. The molecule has 1 amide bonds. The Kier molecular flexibility index (Phi) is 6.71. The van der Waals surface area contributed by atoms with E-state index in [1.54, 1.807) is 30.6 Å². The fraction of sp³-hybridized carbons (Fsp3) is 0.222. The van der Waals surface area contributed by atoms with Gasteiger partial charge in [0.25, 0.3) is 0 Å². The smallest absolute Gasteiger partial charge is 0.234 e. The van der Waals surface area contributed by atoms with Gasteiger partial charge in [-0.1, -0.05) is 41.9 Å². The van der Waals surface area contributed by atoms with Crippen molar-refractivity contribution in [3.05, 3.63) is 52.8 Å². The number of amides is 1. The number of anilines is 1. The lowest BCUT2D eigenvalue weighted by molar-refractivity contribution is -0.113. The molecule has 0 saturated carbocycles. The molecule has 0 aliphatic carbocycles. The van der Waals surface area contributed by atoms with Crippen LogP contribution in [0.2, 0.25) is 10.0 Å². The molecule has 27 heavy (non-hydrogen) atoms. The summed E-state index contributed by atoms with van der Waals surface area (Å²) in [4.78, 5) is 16.3. The van der Waals surface area contributed by atoms with Crippen LogP contribution in [0.15, 0.2) is 47.9 Å². The van der Waals surface area contributed by atoms with E-state index >= 15 is 0 Å². The molecule has 3 aromatic rings. The number of hydrogen-bond acceptors (Lipinski definition) is 5. The molecule has 1 N–H and O–H groups in total. The molecule has 2 heterocycles. The Bertz CT molecular complexity index is 933. The van der Waals surface area contributed by atoms with E-state index in [0.717, 1.165) is 24.4 Å². The van der Waals surface area contributed by atoms with E-state index < -0.39 is 0 Å². The predicted octanol–water partition coefficient (Wildman–Crippen LogP) is 4.79. The third-order valence-corrected chi connectivity index (χ3v) is 5.15. The van der Waals surface area contributed by atoms with E-state index in [2.05, 4.69) is 27.4 Å². The van der Waals surface area contributed by atoms with Gasteiger partial charge in [-0.25, -0.2) is 0 Å². The molecule has 0 unspecified atom stereocenters. The van der Waals surface area contributed by atoms with Crippen LogP contribution in [0.5, 0.6) is 0 Å². The van der Waals surface area contributed by atoms with E-state index in [-0.39, 0.29) is 11.7 Å². The van der Waals surface area contributed by atoms with Crippen molar-refractivity contribution >= 4 is 46.6 Å². The largest absolute Gasteiger partial charge is 0.324 e. The maximum Gasteiger partial charge on any atom is 0.234 e. The molecule has 140 valence electrons. The van der Waals surface area contributed by atoms with Gasteiger partial charge in [0.15, 0.2) is 11.0 Å². The Labute approximate surface area is 171 Å². The van der Waals surface area contributed by atoms with E-state index in [4.69, 9.17) is 23.2 Å². The molecule has 0 saturated heterocycles. The first-order chi connectivity index (χ1) is 13.1. The molecular weight excluding hydrogens is 405 g/mol. The van der Waals surface area contributed by atoms with E-state index in [0.29, 0.717) is 20.9 Å². The third-order valence-electron chi connectivity index (χ3n) is 3.64. The highest BCUT2D eigenvalue weighted by atomic mass is 35.5. The van der Waals surface area contributed by atoms with Crippen LogP contribution in [-0.4, -0.2) is 31.4 Å². The maximum atomic E-state index is 12.3. The van der Waals surface area contributed by atoms with Crippen LogP contribution in [-0.2, 0) is 11.3 Å². The summed E-state index contributed by atoms with van der Waals surface area (Å²) < 4.78 is 2.02. The summed E-state index contributed by atoms with van der Waals surface area (Å²) in [5.41, 5.74) is 1.47. The molecule has 0 aliphatic rings. The number of carbonyl (C=O) groups is 1. The van der Waals surface area contributed by atoms with Crippen molar-refractivity contribution in [2.75, 3.05) is 11.1 Å². The third kappa shape index (κ3) is 5.00. The second-order valence-electron chi connectivity index (χ2n) is 5.65. The summed E-state index contributed by atoms with van der Waals surface area (Å²) in [5.74, 6) is 0.778. The number of nitrogens with zero attached hydrogens (tertiary/aromatic N) is 4. The number of pyridine rings is 1. The minimum absolute atomic E-state index is 0.180. The first-order valence-electron chi connectivity index (χ1n) is 8.29. The average molecular weight is 422 g/mol. The molecule has 0 spiro atoms. The lowest BCUT2D eigenvalue weighted by Crippen LogP contribution is -2.15. The van der Waals surface area contributed by atoms with Gasteiger partial charge in [0.05, 0.1) is 16.5 Å². The van der Waals surface area contributed by atoms with Crippen LogP contribution in [0.4, 0.5) is 5.69 Å². The Morgan fingerprint density at radius 1 is 1.19 bits per heavy atom. The van der Waals surface area contributed by atoms with Crippen LogP contribution in [0.25, 0.3) is 11.4 Å². The van der Waals surface area contributed by atoms with Crippen molar-refractivity contribution in [2.24, 2.45) is 0 Å². The van der Waals surface area contributed by atoms with Gasteiger partial charge in [0.1, 0.15) is 0 Å². The second kappa shape index (κ2) is 9.21. The second-order valence-corrected chi connectivity index (χ2v) is 7.44. The molecule has 6 nitrogen and oxygen atoms in total. The summed E-state index contributed by atoms with van der Waals surface area (Å²) in [6.45, 7) is 2.84. The lowest BCUT2D eigenvalue weighted by atomic mass is 10.2. The molecule has 0 bridgehead atoms. The molecule has 0 aliphatic heterocycles. The summed E-state index contributed by atoms with van der Waals surface area (Å²) in [6, 6.07) is 8.72. The number of halogens is 2. The van der Waals surface area contributed by atoms with Gasteiger partial charge in [-0.3, -0.25) is 9.78 Å². The zero-order valence-corrected chi connectivity index (χ0v) is 16.9. The molecule has 2 aromatic heterocycles. The molecule has 0 atom stereocenters. The van der Waals surface area contributed by atoms with E-state index in [9.17, 15) is 4.79 Å². The number of thioether (sulfide) groups is 1. The minimum atomic E-state index is -0.180. The SMILES string of the molecule is CCCn1c(SCC(=O)Nc2ccc(Cl)cc2Cl)nnc1-c1ccncc1. The van der Waals surface area contributed by atoms with Crippen molar-refractivity contribution in [2.45, 2.75) is 25.0 Å². The van der Waals surface area contributed by atoms with Gasteiger partial charge in [-0.15, -0.1) is 10.2 Å². The van der Waals surface area contributed by atoms with Crippen molar-refractivity contribution < 1.29 is 4.79 Å². The molecule has 9 heteroatoms. The predicted molar refractivity (Wildman–Crippen MR) is 109 cm³/mol. The summed E-state index contributed by atoms with van der Waals surface area (Å²) >= 11 is 13.3.